The molecule has 0 fully saturated rings. The van der Waals surface area contributed by atoms with Crippen molar-refractivity contribution in [3.05, 3.63) is 144 Å². The van der Waals surface area contributed by atoms with Crippen molar-refractivity contribution in [2.75, 3.05) is 24.3 Å². The smallest absolute Gasteiger partial charge is 0.271 e. The third-order valence-corrected chi connectivity index (χ3v) is 8.78. The van der Waals surface area contributed by atoms with Crippen LogP contribution in [0.1, 0.15) is 35.5 Å². The molecule has 7 nitrogen and oxygen atoms in total. The van der Waals surface area contributed by atoms with E-state index in [4.69, 9.17) is 4.99 Å². The number of aryl methyl sites for hydroxylation is 1. The number of hydrogen-bond acceptors (Lipinski definition) is 5. The first-order chi connectivity index (χ1) is 20.7. The first-order valence-corrected chi connectivity index (χ1v) is 14.9. The van der Waals surface area contributed by atoms with Crippen LogP contribution in [0.25, 0.3) is 11.8 Å². The molecular formula is C35H33N5O2S. The number of anilines is 2. The predicted molar refractivity (Wildman–Crippen MR) is 175 cm³/mol. The fourth-order valence-electron chi connectivity index (χ4n) is 5.65. The van der Waals surface area contributed by atoms with Gasteiger partial charge in [-0.2, -0.15) is 0 Å². The lowest BCUT2D eigenvalue weighted by molar-refractivity contribution is -0.113. The van der Waals surface area contributed by atoms with Gasteiger partial charge in [-0.15, -0.1) is 0 Å². The molecule has 2 aromatic heterocycles. The van der Waals surface area contributed by atoms with Gasteiger partial charge in [-0.1, -0.05) is 59.9 Å². The number of hydrogen-bond donors (Lipinski definition) is 1. The maximum atomic E-state index is 14.1. The number of amides is 1. The van der Waals surface area contributed by atoms with Crippen LogP contribution in [-0.2, 0) is 4.79 Å². The van der Waals surface area contributed by atoms with Gasteiger partial charge in [0.1, 0.15) is 0 Å². The first-order valence-electron chi connectivity index (χ1n) is 14.1. The van der Waals surface area contributed by atoms with E-state index in [1.54, 1.807) is 4.57 Å². The minimum Gasteiger partial charge on any atom is -0.378 e. The van der Waals surface area contributed by atoms with Gasteiger partial charge in [0.05, 0.1) is 21.8 Å². The Labute approximate surface area is 254 Å². The summed E-state index contributed by atoms with van der Waals surface area (Å²) >= 11 is 1.35. The molecule has 1 aliphatic rings. The van der Waals surface area contributed by atoms with Crippen LogP contribution >= 0.6 is 11.3 Å². The molecule has 5 aromatic rings. The molecule has 0 aliphatic carbocycles. The molecule has 0 unspecified atom stereocenters. The SMILES string of the molecule is CC1=C(C(=O)Nc2ccccc2)[C@@H](c2ccccc2)n2c(s/c(=C/c3cc(C)n(-c4ccc(N(C)C)cc4)c3C)c2=O)=N1. The summed E-state index contributed by atoms with van der Waals surface area (Å²) in [7, 11) is 4.05. The second-order valence-corrected chi connectivity index (χ2v) is 11.9. The third-order valence-electron chi connectivity index (χ3n) is 7.79. The lowest BCUT2D eigenvalue weighted by Crippen LogP contribution is -2.40. The summed E-state index contributed by atoms with van der Waals surface area (Å²) in [6, 6.07) is 28.9. The van der Waals surface area contributed by atoms with Crippen LogP contribution in [0, 0.1) is 13.8 Å². The topological polar surface area (TPSA) is 71.6 Å². The highest BCUT2D eigenvalue weighted by Crippen LogP contribution is 2.31. The number of nitrogens with zero attached hydrogens (tertiary/aromatic N) is 4. The number of carbonyl (C=O) groups excluding carboxylic acids is 1. The lowest BCUT2D eigenvalue weighted by Gasteiger charge is -2.25. The van der Waals surface area contributed by atoms with Gasteiger partial charge in [0.25, 0.3) is 11.5 Å². The van der Waals surface area contributed by atoms with Crippen molar-refractivity contribution >= 4 is 34.7 Å². The van der Waals surface area contributed by atoms with Crippen molar-refractivity contribution in [2.24, 2.45) is 4.99 Å². The molecule has 1 N–H and O–H groups in total. The normalized spacial score (nSPS) is 14.8. The molecule has 0 saturated heterocycles. The van der Waals surface area contributed by atoms with Crippen LogP contribution in [0.4, 0.5) is 11.4 Å². The maximum absolute atomic E-state index is 14.1. The minimum atomic E-state index is -0.606. The molecule has 1 aliphatic heterocycles. The molecule has 1 amide bonds. The van der Waals surface area contributed by atoms with E-state index in [2.05, 4.69) is 59.0 Å². The molecule has 216 valence electrons. The number of fused-ring (bicyclic) bond motifs is 1. The third kappa shape index (κ3) is 5.26. The molecule has 0 bridgehead atoms. The standard InChI is InChI=1S/C35H33N5O2S/c1-22-20-26(24(3)39(22)29-18-16-28(17-19-29)38(4)5)21-30-34(42)40-32(25-12-8-6-9-13-25)31(23(2)36-35(40)43-30)33(41)37-27-14-10-7-11-15-27/h6-21,32H,1-5H3,(H,37,41)/b30-21+/t32-/m1/s1. The monoisotopic (exact) mass is 587 g/mol. The van der Waals surface area contributed by atoms with Gasteiger partial charge >= 0.3 is 0 Å². The van der Waals surface area contributed by atoms with Gasteiger partial charge in [-0.3, -0.25) is 14.2 Å². The minimum absolute atomic E-state index is 0.171. The molecule has 8 heteroatoms. The maximum Gasteiger partial charge on any atom is 0.271 e. The molecule has 43 heavy (non-hydrogen) atoms. The van der Waals surface area contributed by atoms with Gasteiger partial charge < -0.3 is 14.8 Å². The zero-order chi connectivity index (χ0) is 30.2. The molecular weight excluding hydrogens is 554 g/mol. The molecule has 0 saturated carbocycles. The van der Waals surface area contributed by atoms with Crippen molar-refractivity contribution in [3.8, 4) is 5.69 Å². The van der Waals surface area contributed by atoms with Crippen LogP contribution in [0.15, 0.2) is 112 Å². The molecule has 3 heterocycles. The number of thiazole rings is 1. The second kappa shape index (κ2) is 11.4. The Morgan fingerprint density at radius 3 is 2.23 bits per heavy atom. The van der Waals surface area contributed by atoms with E-state index < -0.39 is 6.04 Å². The summed E-state index contributed by atoms with van der Waals surface area (Å²) in [4.78, 5) is 35.3. The molecule has 1 atom stereocenters. The van der Waals surface area contributed by atoms with Gasteiger partial charge in [-0.05, 0) is 80.4 Å². The van der Waals surface area contributed by atoms with E-state index in [0.29, 0.717) is 26.3 Å². The quantitative estimate of drug-likeness (QED) is 0.291. The largest absolute Gasteiger partial charge is 0.378 e. The number of carbonyl (C=O) groups is 1. The average Bonchev–Trinajstić information content (AvgIpc) is 3.46. The summed E-state index contributed by atoms with van der Waals surface area (Å²) in [6.07, 6.45) is 1.95. The number of aromatic nitrogens is 2. The average molecular weight is 588 g/mol. The summed E-state index contributed by atoms with van der Waals surface area (Å²) < 4.78 is 4.43. The Kier molecular flexibility index (Phi) is 7.46. The highest BCUT2D eigenvalue weighted by molar-refractivity contribution is 7.07. The second-order valence-electron chi connectivity index (χ2n) is 10.9. The molecule has 0 spiro atoms. The Balaban J connectivity index is 1.45. The summed E-state index contributed by atoms with van der Waals surface area (Å²) in [5.41, 5.74) is 7.69. The number of allylic oxidation sites excluding steroid dienone is 1. The van der Waals surface area contributed by atoms with Gasteiger partial charge in [-0.25, -0.2) is 4.99 Å². The van der Waals surface area contributed by atoms with Crippen molar-refractivity contribution < 1.29 is 4.79 Å². The lowest BCUT2D eigenvalue weighted by atomic mass is 9.95. The van der Waals surface area contributed by atoms with Gasteiger partial charge in [0, 0.05) is 42.5 Å². The van der Waals surface area contributed by atoms with Crippen molar-refractivity contribution in [1.29, 1.82) is 0 Å². The zero-order valence-electron chi connectivity index (χ0n) is 24.8. The Morgan fingerprint density at radius 1 is 0.930 bits per heavy atom. The number of rotatable bonds is 6. The first kappa shape index (κ1) is 28.2. The van der Waals surface area contributed by atoms with Crippen LogP contribution < -0.4 is 25.1 Å². The predicted octanol–water partition coefficient (Wildman–Crippen LogP) is 5.35. The summed E-state index contributed by atoms with van der Waals surface area (Å²) in [5.74, 6) is -0.278. The highest BCUT2D eigenvalue weighted by Gasteiger charge is 2.32. The summed E-state index contributed by atoms with van der Waals surface area (Å²) in [6.45, 7) is 5.98. The van der Waals surface area contributed by atoms with Crippen LogP contribution in [0.3, 0.4) is 0 Å². The van der Waals surface area contributed by atoms with Gasteiger partial charge in [0.15, 0.2) is 4.80 Å². The highest BCUT2D eigenvalue weighted by atomic mass is 32.1. The summed E-state index contributed by atoms with van der Waals surface area (Å²) in [5, 5.41) is 3.00. The Bertz CT molecular complexity index is 2030. The molecule has 0 radical (unpaired) electrons. The van der Waals surface area contributed by atoms with E-state index in [-0.39, 0.29) is 11.5 Å². The van der Waals surface area contributed by atoms with Crippen LogP contribution in [0.5, 0.6) is 0 Å². The van der Waals surface area contributed by atoms with Crippen molar-refractivity contribution in [2.45, 2.75) is 26.8 Å². The van der Waals surface area contributed by atoms with Gasteiger partial charge in [0.2, 0.25) is 0 Å². The van der Waals surface area contributed by atoms with E-state index in [1.165, 1.54) is 11.3 Å². The van der Waals surface area contributed by atoms with E-state index in [1.807, 2.05) is 87.8 Å². The zero-order valence-corrected chi connectivity index (χ0v) is 25.6. The van der Waals surface area contributed by atoms with Crippen molar-refractivity contribution in [3.63, 3.8) is 0 Å². The van der Waals surface area contributed by atoms with E-state index >= 15 is 0 Å². The Hall–Kier alpha value is -4.95. The van der Waals surface area contributed by atoms with E-state index in [0.717, 1.165) is 33.9 Å². The van der Waals surface area contributed by atoms with Crippen LogP contribution in [0.2, 0.25) is 0 Å². The fourth-order valence-corrected chi connectivity index (χ4v) is 6.69. The number of para-hydroxylation sites is 1. The molecule has 3 aromatic carbocycles. The number of benzene rings is 3. The van der Waals surface area contributed by atoms with Crippen LogP contribution in [-0.4, -0.2) is 29.1 Å². The van der Waals surface area contributed by atoms with Crippen molar-refractivity contribution in [1.82, 2.24) is 9.13 Å². The Morgan fingerprint density at radius 2 is 1.58 bits per heavy atom. The molecule has 6 rings (SSSR count). The number of nitrogens with one attached hydrogen (secondary N) is 1. The fraction of sp³-hybridized carbons (Fsp3) is 0.171. The van der Waals surface area contributed by atoms with E-state index in [9.17, 15) is 9.59 Å².